The van der Waals surface area contributed by atoms with E-state index in [1.54, 1.807) is 26.8 Å². The van der Waals surface area contributed by atoms with E-state index in [1.807, 2.05) is 0 Å². The van der Waals surface area contributed by atoms with E-state index in [2.05, 4.69) is 10.3 Å². The number of carbonyl (C=O) groups excluding carboxylic acids is 1. The Hall–Kier alpha value is -3.14. The van der Waals surface area contributed by atoms with Gasteiger partial charge < -0.3 is 10.1 Å². The minimum Gasteiger partial charge on any atom is -0.444 e. The fourth-order valence-corrected chi connectivity index (χ4v) is 3.41. The lowest BCUT2D eigenvalue weighted by atomic mass is 10.1. The first-order valence-electron chi connectivity index (χ1n) is 9.76. The third-order valence-electron chi connectivity index (χ3n) is 4.46. The predicted molar refractivity (Wildman–Crippen MR) is 115 cm³/mol. The molecular weight excluding hydrogens is 466 g/mol. The monoisotopic (exact) mass is 485 g/mol. The topological polar surface area (TPSA) is 73.2 Å². The molecule has 0 spiro atoms. The number of amides is 1. The fraction of sp³-hybridized carbons (Fsp3) is 0.318. The number of nitrogens with one attached hydrogen (secondary N) is 1. The van der Waals surface area contributed by atoms with Crippen molar-refractivity contribution in [2.75, 3.05) is 0 Å². The molecular formula is C22H20ClF4N3O3. The number of ether oxygens (including phenoxy) is 1. The molecule has 3 aromatic rings. The highest BCUT2D eigenvalue weighted by Crippen LogP contribution is 2.32. The average molecular weight is 486 g/mol. The zero-order chi connectivity index (χ0) is 24.7. The van der Waals surface area contributed by atoms with Gasteiger partial charge in [0.05, 0.1) is 33.2 Å². The lowest BCUT2D eigenvalue weighted by Gasteiger charge is -2.23. The van der Waals surface area contributed by atoms with E-state index in [-0.39, 0.29) is 21.7 Å². The van der Waals surface area contributed by atoms with Crippen LogP contribution in [0.3, 0.4) is 0 Å². The largest absolute Gasteiger partial charge is 0.444 e. The van der Waals surface area contributed by atoms with E-state index < -0.39 is 46.5 Å². The number of halogens is 5. The summed E-state index contributed by atoms with van der Waals surface area (Å²) in [5, 5.41) is 2.45. The van der Waals surface area contributed by atoms with Crippen LogP contribution in [0.1, 0.15) is 45.1 Å². The maximum absolute atomic E-state index is 14.1. The van der Waals surface area contributed by atoms with Crippen LogP contribution < -0.4 is 10.9 Å². The van der Waals surface area contributed by atoms with Crippen LogP contribution in [0.2, 0.25) is 5.02 Å². The number of rotatable bonds is 3. The van der Waals surface area contributed by atoms with Gasteiger partial charge >= 0.3 is 12.3 Å². The molecule has 11 heteroatoms. The number of hydrogen-bond acceptors (Lipinski definition) is 4. The van der Waals surface area contributed by atoms with Gasteiger partial charge in [0.1, 0.15) is 17.2 Å². The van der Waals surface area contributed by atoms with E-state index >= 15 is 0 Å². The molecule has 0 radical (unpaired) electrons. The normalized spacial score (nSPS) is 13.1. The zero-order valence-corrected chi connectivity index (χ0v) is 18.8. The van der Waals surface area contributed by atoms with Gasteiger partial charge in [0.2, 0.25) is 0 Å². The third kappa shape index (κ3) is 5.44. The molecule has 0 aliphatic heterocycles. The van der Waals surface area contributed by atoms with Gasteiger partial charge in [-0.3, -0.25) is 9.36 Å². The van der Waals surface area contributed by atoms with Crippen LogP contribution in [-0.4, -0.2) is 21.2 Å². The van der Waals surface area contributed by atoms with E-state index in [0.29, 0.717) is 12.1 Å². The molecule has 6 nitrogen and oxygen atoms in total. The minimum atomic E-state index is -4.86. The highest BCUT2D eigenvalue weighted by Gasteiger charge is 2.32. The summed E-state index contributed by atoms with van der Waals surface area (Å²) in [6, 6.07) is 5.16. The molecule has 1 N–H and O–H groups in total. The van der Waals surface area contributed by atoms with Crippen molar-refractivity contribution in [1.29, 1.82) is 0 Å². The maximum atomic E-state index is 14.1. The summed E-state index contributed by atoms with van der Waals surface area (Å²) in [7, 11) is 0. The smallest absolute Gasteiger partial charge is 0.416 e. The third-order valence-corrected chi connectivity index (χ3v) is 4.78. The standard InChI is InChI=1S/C22H20ClF4N3O3/c1-11(28-20(32)33-21(2,3)4)18-29-16-7-5-6-15(23)17(16)19(31)30(18)14-9-12(22(25,26)27)8-13(24)10-14/h5-11H,1-4H3,(H,28,32). The Kier molecular flexibility index (Phi) is 6.43. The summed E-state index contributed by atoms with van der Waals surface area (Å²) in [5.74, 6) is -1.34. The number of nitrogens with zero attached hydrogens (tertiary/aromatic N) is 2. The second kappa shape index (κ2) is 8.66. The van der Waals surface area contributed by atoms with Gasteiger partial charge in [-0.05, 0) is 58.0 Å². The van der Waals surface area contributed by atoms with Crippen LogP contribution >= 0.6 is 11.6 Å². The van der Waals surface area contributed by atoms with E-state index in [1.165, 1.54) is 19.1 Å². The summed E-state index contributed by atoms with van der Waals surface area (Å²) in [4.78, 5) is 30.0. The predicted octanol–water partition coefficient (Wildman–Crippen LogP) is 5.78. The molecule has 0 aliphatic rings. The Bertz CT molecular complexity index is 1280. The molecule has 33 heavy (non-hydrogen) atoms. The zero-order valence-electron chi connectivity index (χ0n) is 18.1. The lowest BCUT2D eigenvalue weighted by Crippen LogP contribution is -2.37. The molecule has 0 saturated carbocycles. The van der Waals surface area contributed by atoms with Gasteiger partial charge in [0.25, 0.3) is 5.56 Å². The quantitative estimate of drug-likeness (QED) is 0.477. The van der Waals surface area contributed by atoms with E-state index in [9.17, 15) is 27.2 Å². The van der Waals surface area contributed by atoms with Gasteiger partial charge in [0.15, 0.2) is 0 Å². The molecule has 176 valence electrons. The summed E-state index contributed by atoms with van der Waals surface area (Å²) < 4.78 is 60.1. The van der Waals surface area contributed by atoms with Crippen LogP contribution in [0.15, 0.2) is 41.2 Å². The molecule has 0 fully saturated rings. The summed E-state index contributed by atoms with van der Waals surface area (Å²) in [6.07, 6.45) is -5.69. The molecule has 1 unspecified atom stereocenters. The minimum absolute atomic E-state index is 0.0190. The molecule has 0 aliphatic carbocycles. The molecule has 1 heterocycles. The maximum Gasteiger partial charge on any atom is 0.416 e. The lowest BCUT2D eigenvalue weighted by molar-refractivity contribution is -0.137. The van der Waals surface area contributed by atoms with E-state index in [4.69, 9.17) is 16.3 Å². The summed E-state index contributed by atoms with van der Waals surface area (Å²) in [6.45, 7) is 6.40. The van der Waals surface area contributed by atoms with Crippen molar-refractivity contribution in [2.24, 2.45) is 0 Å². The number of alkyl carbamates (subject to hydrolysis) is 1. The van der Waals surface area contributed by atoms with Crippen molar-refractivity contribution in [3.63, 3.8) is 0 Å². The van der Waals surface area contributed by atoms with Crippen molar-refractivity contribution in [3.8, 4) is 5.69 Å². The summed E-state index contributed by atoms with van der Waals surface area (Å²) >= 11 is 6.15. The first kappa shape index (κ1) is 24.5. The Balaban J connectivity index is 2.27. The average Bonchev–Trinajstić information content (AvgIpc) is 2.64. The highest BCUT2D eigenvalue weighted by atomic mass is 35.5. The van der Waals surface area contributed by atoms with Crippen LogP contribution in [0.4, 0.5) is 22.4 Å². The van der Waals surface area contributed by atoms with Crippen LogP contribution in [0.25, 0.3) is 16.6 Å². The van der Waals surface area contributed by atoms with Crippen LogP contribution in [0.5, 0.6) is 0 Å². The molecule has 0 bridgehead atoms. The highest BCUT2D eigenvalue weighted by molar-refractivity contribution is 6.35. The first-order valence-corrected chi connectivity index (χ1v) is 10.1. The van der Waals surface area contributed by atoms with Crippen molar-refractivity contribution in [3.05, 3.63) is 69.0 Å². The molecule has 2 aromatic carbocycles. The van der Waals surface area contributed by atoms with Gasteiger partial charge in [0, 0.05) is 0 Å². The Morgan fingerprint density at radius 3 is 2.45 bits per heavy atom. The van der Waals surface area contributed by atoms with Crippen LogP contribution in [-0.2, 0) is 10.9 Å². The summed E-state index contributed by atoms with van der Waals surface area (Å²) in [5.41, 5.74) is -3.20. The Morgan fingerprint density at radius 2 is 1.85 bits per heavy atom. The molecule has 0 saturated heterocycles. The Morgan fingerprint density at radius 1 is 1.18 bits per heavy atom. The number of aromatic nitrogens is 2. The van der Waals surface area contributed by atoms with Gasteiger partial charge in [-0.25, -0.2) is 14.2 Å². The molecule has 3 rings (SSSR count). The Labute approximate surface area is 191 Å². The fourth-order valence-electron chi connectivity index (χ4n) is 3.16. The molecule has 1 atom stereocenters. The van der Waals surface area contributed by atoms with Crippen molar-refractivity contribution in [1.82, 2.24) is 14.9 Å². The van der Waals surface area contributed by atoms with Gasteiger partial charge in [-0.2, -0.15) is 13.2 Å². The first-order chi connectivity index (χ1) is 15.2. The van der Waals surface area contributed by atoms with Crippen molar-refractivity contribution < 1.29 is 27.1 Å². The SMILES string of the molecule is CC(NC(=O)OC(C)(C)C)c1nc2cccc(Cl)c2c(=O)n1-c1cc(F)cc(C(F)(F)F)c1. The number of hydrogen-bond donors (Lipinski definition) is 1. The van der Waals surface area contributed by atoms with Gasteiger partial charge in [-0.1, -0.05) is 17.7 Å². The van der Waals surface area contributed by atoms with Crippen molar-refractivity contribution in [2.45, 2.75) is 45.5 Å². The number of alkyl halides is 3. The number of fused-ring (bicyclic) bond motifs is 1. The van der Waals surface area contributed by atoms with Gasteiger partial charge in [-0.15, -0.1) is 0 Å². The molecule has 1 amide bonds. The second-order valence-electron chi connectivity index (χ2n) is 8.31. The number of carbonyl (C=O) groups is 1. The van der Waals surface area contributed by atoms with Crippen molar-refractivity contribution >= 4 is 28.6 Å². The molecule has 1 aromatic heterocycles. The number of benzene rings is 2. The van der Waals surface area contributed by atoms with Crippen LogP contribution in [0, 0.1) is 5.82 Å². The van der Waals surface area contributed by atoms with E-state index in [0.717, 1.165) is 10.6 Å². The second-order valence-corrected chi connectivity index (χ2v) is 8.72.